The third kappa shape index (κ3) is 2.64. The fourth-order valence-electron chi connectivity index (χ4n) is 2.33. The molecule has 0 radical (unpaired) electrons. The van der Waals surface area contributed by atoms with Crippen molar-refractivity contribution in [2.75, 3.05) is 0 Å². The second-order valence-electron chi connectivity index (χ2n) is 6.11. The number of fused-ring (bicyclic) bond motifs is 1. The minimum Gasteiger partial charge on any atom is -0.344 e. The van der Waals surface area contributed by atoms with E-state index in [4.69, 9.17) is 0 Å². The summed E-state index contributed by atoms with van der Waals surface area (Å²) in [4.78, 5) is 23.2. The van der Waals surface area contributed by atoms with E-state index < -0.39 is 5.54 Å². The van der Waals surface area contributed by atoms with Crippen molar-refractivity contribution in [1.29, 1.82) is 0 Å². The Morgan fingerprint density at radius 1 is 1.30 bits per heavy atom. The SMILES string of the molecule is CC(C)C(=O)c1cn(CC(C)(C)N=O)c2ccccc12. The van der Waals surface area contributed by atoms with Gasteiger partial charge in [-0.3, -0.25) is 4.79 Å². The van der Waals surface area contributed by atoms with Crippen LogP contribution in [0.15, 0.2) is 35.6 Å². The van der Waals surface area contributed by atoms with Crippen LogP contribution in [0.2, 0.25) is 0 Å². The number of Topliss-reactive ketones (excluding diaryl/α,β-unsaturated/α-hetero) is 1. The molecule has 0 bridgehead atoms. The van der Waals surface area contributed by atoms with Crippen LogP contribution in [0.3, 0.4) is 0 Å². The van der Waals surface area contributed by atoms with Crippen molar-refractivity contribution in [2.45, 2.75) is 39.8 Å². The minimum absolute atomic E-state index is 0.0496. The van der Waals surface area contributed by atoms with Gasteiger partial charge in [-0.25, -0.2) is 0 Å². The molecular formula is C16H20N2O2. The highest BCUT2D eigenvalue weighted by Gasteiger charge is 2.23. The number of nitroso groups, excluding NO2 is 1. The van der Waals surface area contributed by atoms with Crippen molar-refractivity contribution in [3.05, 3.63) is 40.9 Å². The molecular weight excluding hydrogens is 252 g/mol. The van der Waals surface area contributed by atoms with Crippen molar-refractivity contribution in [3.63, 3.8) is 0 Å². The summed E-state index contributed by atoms with van der Waals surface area (Å²) in [5.74, 6) is 0.0725. The molecule has 0 aliphatic carbocycles. The van der Waals surface area contributed by atoms with Crippen molar-refractivity contribution >= 4 is 16.7 Å². The Kier molecular flexibility index (Phi) is 3.75. The maximum absolute atomic E-state index is 12.3. The van der Waals surface area contributed by atoms with Gasteiger partial charge >= 0.3 is 0 Å². The van der Waals surface area contributed by atoms with E-state index >= 15 is 0 Å². The molecule has 0 N–H and O–H groups in total. The molecule has 2 aromatic rings. The van der Waals surface area contributed by atoms with Gasteiger partial charge in [0, 0.05) is 28.6 Å². The van der Waals surface area contributed by atoms with Crippen LogP contribution in [0.1, 0.15) is 38.1 Å². The number of para-hydroxylation sites is 1. The molecule has 0 spiro atoms. The van der Waals surface area contributed by atoms with Crippen molar-refractivity contribution in [2.24, 2.45) is 11.1 Å². The van der Waals surface area contributed by atoms with Gasteiger partial charge in [-0.05, 0) is 19.9 Å². The molecule has 0 aliphatic rings. The summed E-state index contributed by atoms with van der Waals surface area (Å²) in [5, 5.41) is 4.09. The van der Waals surface area contributed by atoms with E-state index in [0.717, 1.165) is 16.5 Å². The lowest BCUT2D eigenvalue weighted by molar-refractivity contribution is 0.0941. The monoisotopic (exact) mass is 272 g/mol. The van der Waals surface area contributed by atoms with E-state index in [9.17, 15) is 9.70 Å². The lowest BCUT2D eigenvalue weighted by Crippen LogP contribution is -2.23. The number of nitrogens with zero attached hydrogens (tertiary/aromatic N) is 2. The summed E-state index contributed by atoms with van der Waals surface area (Å²) >= 11 is 0. The number of hydrogen-bond donors (Lipinski definition) is 0. The van der Waals surface area contributed by atoms with Gasteiger partial charge in [-0.15, -0.1) is 0 Å². The Balaban J connectivity index is 2.57. The molecule has 20 heavy (non-hydrogen) atoms. The molecule has 1 aromatic carbocycles. The number of carbonyl (C=O) groups is 1. The van der Waals surface area contributed by atoms with E-state index in [1.165, 1.54) is 0 Å². The molecule has 4 heteroatoms. The average molecular weight is 272 g/mol. The Morgan fingerprint density at radius 3 is 2.55 bits per heavy atom. The van der Waals surface area contributed by atoms with Crippen molar-refractivity contribution < 1.29 is 4.79 Å². The van der Waals surface area contributed by atoms with Gasteiger partial charge in [0.15, 0.2) is 5.78 Å². The molecule has 2 rings (SSSR count). The molecule has 4 nitrogen and oxygen atoms in total. The first-order chi connectivity index (χ1) is 9.35. The highest BCUT2D eigenvalue weighted by atomic mass is 16.3. The Bertz CT molecular complexity index is 654. The lowest BCUT2D eigenvalue weighted by atomic mass is 10.0. The van der Waals surface area contributed by atoms with Gasteiger partial charge in [0.25, 0.3) is 0 Å². The topological polar surface area (TPSA) is 51.4 Å². The number of ketones is 1. The quantitative estimate of drug-likeness (QED) is 0.609. The lowest BCUT2D eigenvalue weighted by Gasteiger charge is -2.16. The molecule has 1 heterocycles. The number of hydrogen-bond acceptors (Lipinski definition) is 3. The molecule has 0 aliphatic heterocycles. The summed E-state index contributed by atoms with van der Waals surface area (Å²) in [6.45, 7) is 7.83. The van der Waals surface area contributed by atoms with Crippen LogP contribution in [0.5, 0.6) is 0 Å². The fraction of sp³-hybridized carbons (Fsp3) is 0.438. The standard InChI is InChI=1S/C16H20N2O2/c1-11(2)15(19)13-9-18(10-16(3,4)17-20)14-8-6-5-7-12(13)14/h5-9,11H,10H2,1-4H3. The molecule has 0 saturated heterocycles. The summed E-state index contributed by atoms with van der Waals surface area (Å²) < 4.78 is 1.95. The molecule has 1 aromatic heterocycles. The highest BCUT2D eigenvalue weighted by molar-refractivity contribution is 6.08. The summed E-state index contributed by atoms with van der Waals surface area (Å²) in [6, 6.07) is 7.77. The maximum Gasteiger partial charge on any atom is 0.167 e. The van der Waals surface area contributed by atoms with Gasteiger partial charge in [0.2, 0.25) is 0 Å². The first-order valence-electron chi connectivity index (χ1n) is 6.82. The Labute approximate surface area is 118 Å². The van der Waals surface area contributed by atoms with Gasteiger partial charge in [-0.2, -0.15) is 4.91 Å². The van der Waals surface area contributed by atoms with Gasteiger partial charge < -0.3 is 4.57 Å². The van der Waals surface area contributed by atoms with E-state index in [0.29, 0.717) is 6.54 Å². The first-order valence-corrected chi connectivity index (χ1v) is 6.82. The maximum atomic E-state index is 12.3. The van der Waals surface area contributed by atoms with Gasteiger partial charge in [0.05, 0.1) is 6.54 Å². The van der Waals surface area contributed by atoms with E-state index in [2.05, 4.69) is 5.18 Å². The zero-order valence-corrected chi connectivity index (χ0v) is 12.4. The summed E-state index contributed by atoms with van der Waals surface area (Å²) in [6.07, 6.45) is 1.85. The zero-order valence-electron chi connectivity index (χ0n) is 12.4. The van der Waals surface area contributed by atoms with Crippen LogP contribution >= 0.6 is 0 Å². The van der Waals surface area contributed by atoms with Crippen LogP contribution in [-0.2, 0) is 6.54 Å². The second-order valence-corrected chi connectivity index (χ2v) is 6.11. The average Bonchev–Trinajstić information content (AvgIpc) is 2.76. The van der Waals surface area contributed by atoms with Crippen LogP contribution in [0.4, 0.5) is 0 Å². The normalized spacial score (nSPS) is 12.1. The molecule has 106 valence electrons. The highest BCUT2D eigenvalue weighted by Crippen LogP contribution is 2.26. The zero-order chi connectivity index (χ0) is 14.9. The minimum atomic E-state index is -0.695. The van der Waals surface area contributed by atoms with E-state index in [1.807, 2.05) is 48.9 Å². The third-order valence-electron chi connectivity index (χ3n) is 3.38. The first kappa shape index (κ1) is 14.4. The van der Waals surface area contributed by atoms with E-state index in [1.54, 1.807) is 13.8 Å². The fourth-order valence-corrected chi connectivity index (χ4v) is 2.33. The predicted octanol–water partition coefficient (Wildman–Crippen LogP) is 4.03. The number of benzene rings is 1. The van der Waals surface area contributed by atoms with Crippen LogP contribution in [-0.4, -0.2) is 15.9 Å². The Hall–Kier alpha value is -1.97. The number of carbonyl (C=O) groups excluding carboxylic acids is 1. The van der Waals surface area contributed by atoms with Gasteiger partial charge in [-0.1, -0.05) is 37.2 Å². The van der Waals surface area contributed by atoms with Crippen molar-refractivity contribution in [3.8, 4) is 0 Å². The molecule has 0 unspecified atom stereocenters. The predicted molar refractivity (Wildman–Crippen MR) is 81.0 cm³/mol. The number of aromatic nitrogens is 1. The Morgan fingerprint density at radius 2 is 1.95 bits per heavy atom. The van der Waals surface area contributed by atoms with Crippen LogP contribution < -0.4 is 0 Å². The smallest absolute Gasteiger partial charge is 0.167 e. The summed E-state index contributed by atoms with van der Waals surface area (Å²) in [7, 11) is 0. The molecule has 0 atom stereocenters. The molecule has 0 fully saturated rings. The van der Waals surface area contributed by atoms with Crippen molar-refractivity contribution in [1.82, 2.24) is 4.57 Å². The molecule has 0 saturated carbocycles. The van der Waals surface area contributed by atoms with Crippen LogP contribution in [0, 0.1) is 10.8 Å². The van der Waals surface area contributed by atoms with E-state index in [-0.39, 0.29) is 11.7 Å². The van der Waals surface area contributed by atoms with Gasteiger partial charge in [0.1, 0.15) is 5.54 Å². The number of rotatable bonds is 5. The third-order valence-corrected chi connectivity index (χ3v) is 3.38. The second kappa shape index (κ2) is 5.19. The largest absolute Gasteiger partial charge is 0.344 e. The molecule has 0 amide bonds. The summed E-state index contributed by atoms with van der Waals surface area (Å²) in [5.41, 5.74) is 0.991. The van der Waals surface area contributed by atoms with Crippen LogP contribution in [0.25, 0.3) is 10.9 Å².